The minimum absolute atomic E-state index is 0.00848. The van der Waals surface area contributed by atoms with E-state index >= 15 is 0 Å². The first kappa shape index (κ1) is 38.8. The summed E-state index contributed by atoms with van der Waals surface area (Å²) in [7, 11) is 0. The third kappa shape index (κ3) is 13.5. The van der Waals surface area contributed by atoms with Crippen molar-refractivity contribution in [3.05, 3.63) is 51.9 Å². The molecule has 0 aromatic heterocycles. The van der Waals surface area contributed by atoms with Crippen molar-refractivity contribution >= 4 is 34.4 Å². The molecule has 0 aliphatic heterocycles. The number of benzene rings is 2. The van der Waals surface area contributed by atoms with Gasteiger partial charge in [0.2, 0.25) is 23.6 Å². The molecular formula is C33H49N7O7. The number of aliphatic hydroxyl groups is 1. The number of amides is 4. The summed E-state index contributed by atoms with van der Waals surface area (Å²) in [6.07, 6.45) is 3.71. The maximum Gasteiger partial charge on any atom is 0.225 e. The number of carbonyl (C=O) groups excluding carboxylic acids is 4. The van der Waals surface area contributed by atoms with E-state index in [1.165, 1.54) is 0 Å². The lowest BCUT2D eigenvalue weighted by Crippen LogP contribution is -2.39. The van der Waals surface area contributed by atoms with Crippen LogP contribution in [-0.2, 0) is 37.1 Å². The van der Waals surface area contributed by atoms with Crippen molar-refractivity contribution in [2.45, 2.75) is 72.0 Å². The fraction of sp³-hybridized carbons (Fsp3) is 0.576. The average molecular weight is 656 g/mol. The third-order valence-corrected chi connectivity index (χ3v) is 8.16. The minimum Gasteiger partial charge on any atom is -0.508 e. The Bertz CT molecular complexity index is 1380. The molecule has 14 nitrogen and oxygen atoms in total. The van der Waals surface area contributed by atoms with Crippen LogP contribution in [-0.4, -0.2) is 66.6 Å². The summed E-state index contributed by atoms with van der Waals surface area (Å²) in [5.41, 5.74) is 15.1. The highest BCUT2D eigenvalue weighted by molar-refractivity contribution is 5.88. The number of unbranched alkanes of at least 4 members (excludes halogenated alkanes) is 2. The summed E-state index contributed by atoms with van der Waals surface area (Å²) < 4.78 is 5.82. The number of hydrogen-bond acceptors (Lipinski definition) is 8. The molecule has 0 heterocycles. The second-order valence-electron chi connectivity index (χ2n) is 11.5. The lowest BCUT2D eigenvalue weighted by atomic mass is 9.83. The number of nitrogens with one attached hydrogen (secondary N) is 3. The first-order valence-corrected chi connectivity index (χ1v) is 16.2. The zero-order chi connectivity index (χ0) is 34.6. The van der Waals surface area contributed by atoms with Gasteiger partial charge in [0.05, 0.1) is 19.8 Å². The van der Waals surface area contributed by atoms with Crippen molar-refractivity contribution in [1.29, 1.82) is 0 Å². The first-order chi connectivity index (χ1) is 22.6. The molecule has 3 atom stereocenters. The summed E-state index contributed by atoms with van der Waals surface area (Å²) in [6, 6.07) is 8.98. The Morgan fingerprint density at radius 1 is 0.915 bits per heavy atom. The predicted octanol–water partition coefficient (Wildman–Crippen LogP) is 3.32. The normalized spacial score (nSPS) is 12.8. The first-order valence-electron chi connectivity index (χ1n) is 16.2. The maximum atomic E-state index is 13.3. The van der Waals surface area contributed by atoms with Crippen LogP contribution < -0.4 is 21.7 Å². The second-order valence-corrected chi connectivity index (χ2v) is 11.5. The van der Waals surface area contributed by atoms with E-state index in [4.69, 9.17) is 16.0 Å². The number of phenols is 1. The summed E-state index contributed by atoms with van der Waals surface area (Å²) in [6.45, 7) is 4.82. The van der Waals surface area contributed by atoms with E-state index in [2.05, 4.69) is 26.0 Å². The van der Waals surface area contributed by atoms with Gasteiger partial charge in [-0.15, -0.1) is 0 Å². The number of aliphatic hydroxyl groups excluding tert-OH is 1. The quantitative estimate of drug-likeness (QED) is 0.0452. The molecule has 0 spiro atoms. The van der Waals surface area contributed by atoms with E-state index in [1.54, 1.807) is 12.1 Å². The molecule has 2 aromatic rings. The lowest BCUT2D eigenvalue weighted by molar-refractivity contribution is -0.129. The number of ether oxygens (including phenoxy) is 1. The zero-order valence-corrected chi connectivity index (χ0v) is 27.4. The van der Waals surface area contributed by atoms with Gasteiger partial charge in [-0.3, -0.25) is 19.2 Å². The van der Waals surface area contributed by atoms with Crippen molar-refractivity contribution in [3.8, 4) is 5.75 Å². The number of primary amides is 1. The molecule has 2 rings (SSSR count). The van der Waals surface area contributed by atoms with Gasteiger partial charge in [-0.2, -0.15) is 0 Å². The van der Waals surface area contributed by atoms with Crippen molar-refractivity contribution in [2.24, 2.45) is 28.6 Å². The number of aromatic hydroxyl groups is 1. The molecule has 0 aliphatic rings. The summed E-state index contributed by atoms with van der Waals surface area (Å²) >= 11 is 0. The highest BCUT2D eigenvalue weighted by atomic mass is 16.5. The second kappa shape index (κ2) is 21.4. The van der Waals surface area contributed by atoms with Gasteiger partial charge in [0.1, 0.15) is 12.3 Å². The van der Waals surface area contributed by atoms with Crippen molar-refractivity contribution in [1.82, 2.24) is 16.0 Å². The molecule has 0 saturated carbocycles. The standard InChI is InChI=1S/C33H49N7O7/c1-3-22(31(34)44)15-26(16-23(4-2)32(45)37-12-7-5-6-11-36-30(43)19-39-40-35)33(46)38-13-14-47-21-25-10-8-9-24-17-27(20-41)29(42)18-28(24)25/h8-10,17-18,22-23,26,41-42H,3-7,11-16,19-21H2,1-2H3,(H2,34,44)(H,36,43)(H,37,45)(H,38,46). The van der Waals surface area contributed by atoms with Gasteiger partial charge in [-0.05, 0) is 78.9 Å². The Morgan fingerprint density at radius 2 is 1.57 bits per heavy atom. The maximum absolute atomic E-state index is 13.3. The van der Waals surface area contributed by atoms with Crippen LogP contribution in [0, 0.1) is 17.8 Å². The molecule has 2 aromatic carbocycles. The van der Waals surface area contributed by atoms with Crippen molar-refractivity contribution in [2.75, 3.05) is 32.8 Å². The highest BCUT2D eigenvalue weighted by Crippen LogP contribution is 2.28. The van der Waals surface area contributed by atoms with Gasteiger partial charge in [-0.1, -0.05) is 37.2 Å². The topological polar surface area (TPSA) is 229 Å². The van der Waals surface area contributed by atoms with Crippen LogP contribution in [0.2, 0.25) is 0 Å². The smallest absolute Gasteiger partial charge is 0.225 e. The van der Waals surface area contributed by atoms with Crippen LogP contribution in [0.1, 0.15) is 69.9 Å². The fourth-order valence-corrected chi connectivity index (χ4v) is 5.35. The molecular weight excluding hydrogens is 606 g/mol. The lowest BCUT2D eigenvalue weighted by Gasteiger charge is -2.24. The monoisotopic (exact) mass is 655 g/mol. The molecule has 0 fully saturated rings. The van der Waals surface area contributed by atoms with Gasteiger partial charge in [0.15, 0.2) is 0 Å². The van der Waals surface area contributed by atoms with Crippen molar-refractivity contribution in [3.63, 3.8) is 0 Å². The Labute approximate surface area is 275 Å². The molecule has 258 valence electrons. The van der Waals surface area contributed by atoms with Crippen LogP contribution in [0.4, 0.5) is 0 Å². The van der Waals surface area contributed by atoms with E-state index in [0.29, 0.717) is 44.3 Å². The Balaban J connectivity index is 1.87. The molecule has 0 radical (unpaired) electrons. The van der Waals surface area contributed by atoms with Gasteiger partial charge in [0.25, 0.3) is 0 Å². The number of rotatable bonds is 23. The van der Waals surface area contributed by atoms with Crippen LogP contribution >= 0.6 is 0 Å². The molecule has 7 N–H and O–H groups in total. The largest absolute Gasteiger partial charge is 0.508 e. The number of hydrogen-bond donors (Lipinski definition) is 6. The molecule has 0 bridgehead atoms. The van der Waals surface area contributed by atoms with E-state index < -0.39 is 23.7 Å². The number of azide groups is 1. The van der Waals surface area contributed by atoms with Gasteiger partial charge < -0.3 is 36.6 Å². The van der Waals surface area contributed by atoms with Gasteiger partial charge >= 0.3 is 0 Å². The molecule has 3 unspecified atom stereocenters. The summed E-state index contributed by atoms with van der Waals surface area (Å²) in [5.74, 6) is -2.76. The van der Waals surface area contributed by atoms with Crippen LogP contribution in [0.3, 0.4) is 0 Å². The fourth-order valence-electron chi connectivity index (χ4n) is 5.35. The summed E-state index contributed by atoms with van der Waals surface area (Å²) in [5, 5.41) is 33.0. The van der Waals surface area contributed by atoms with Crippen LogP contribution in [0.15, 0.2) is 35.4 Å². The average Bonchev–Trinajstić information content (AvgIpc) is 3.06. The zero-order valence-electron chi connectivity index (χ0n) is 27.4. The predicted molar refractivity (Wildman–Crippen MR) is 178 cm³/mol. The molecule has 0 aliphatic carbocycles. The Hall–Kier alpha value is -4.39. The van der Waals surface area contributed by atoms with Gasteiger partial charge in [0, 0.05) is 47.9 Å². The molecule has 14 heteroatoms. The van der Waals surface area contributed by atoms with Crippen molar-refractivity contribution < 1.29 is 34.1 Å². The number of carbonyl (C=O) groups is 4. The molecule has 47 heavy (non-hydrogen) atoms. The Morgan fingerprint density at radius 3 is 2.23 bits per heavy atom. The highest BCUT2D eigenvalue weighted by Gasteiger charge is 2.29. The molecule has 0 saturated heterocycles. The molecule has 4 amide bonds. The minimum atomic E-state index is -0.598. The third-order valence-electron chi connectivity index (χ3n) is 8.16. The summed E-state index contributed by atoms with van der Waals surface area (Å²) in [4.78, 5) is 52.3. The van der Waals surface area contributed by atoms with E-state index in [9.17, 15) is 29.4 Å². The SMILES string of the molecule is CCC(CC(CC(CC)C(=O)NCCCCCNC(=O)CN=[N+]=[N-])C(=O)NCCOCc1cccc2cc(CO)c(O)cc12)C(N)=O. The van der Waals surface area contributed by atoms with E-state index in [-0.39, 0.29) is 69.2 Å². The number of nitrogens with two attached hydrogens (primary N) is 1. The van der Waals surface area contributed by atoms with E-state index in [1.807, 2.05) is 32.0 Å². The number of nitrogens with zero attached hydrogens (tertiary/aromatic N) is 3. The van der Waals surface area contributed by atoms with Gasteiger partial charge in [-0.25, -0.2) is 0 Å². The Kier molecular flexibility index (Phi) is 17.7. The number of fused-ring (bicyclic) bond motifs is 1. The van der Waals surface area contributed by atoms with Crippen LogP contribution in [0.25, 0.3) is 21.2 Å². The van der Waals surface area contributed by atoms with E-state index in [0.717, 1.165) is 22.8 Å². The van der Waals surface area contributed by atoms with Crippen LogP contribution in [0.5, 0.6) is 5.75 Å².